The number of benzene rings is 2. The molecule has 1 aromatic heterocycles. The van der Waals surface area contributed by atoms with Gasteiger partial charge in [0.1, 0.15) is 17.0 Å². The molecule has 0 aliphatic heterocycles. The molecule has 0 saturated heterocycles. The number of aromatic hydroxyl groups is 1. The van der Waals surface area contributed by atoms with Gasteiger partial charge in [-0.2, -0.15) is 5.10 Å². The van der Waals surface area contributed by atoms with Crippen molar-refractivity contribution in [2.24, 2.45) is 0 Å². The Hall–Kier alpha value is -2.65. The number of esters is 2. The van der Waals surface area contributed by atoms with Crippen molar-refractivity contribution in [1.82, 2.24) is 9.78 Å². The van der Waals surface area contributed by atoms with Crippen LogP contribution >= 0.6 is 31.9 Å². The Labute approximate surface area is 177 Å². The fourth-order valence-corrected chi connectivity index (χ4v) is 3.85. The first-order valence-electron chi connectivity index (χ1n) is 7.92. The number of aromatic nitrogens is 2. The van der Waals surface area contributed by atoms with Gasteiger partial charge in [-0.3, -0.25) is 0 Å². The molecule has 0 fully saturated rings. The third kappa shape index (κ3) is 3.55. The minimum atomic E-state index is -0.738. The summed E-state index contributed by atoms with van der Waals surface area (Å²) in [5, 5.41) is 14.5. The number of carbonyl (C=O) groups excluding carboxylic acids is 2. The van der Waals surface area contributed by atoms with Crippen LogP contribution in [-0.4, -0.2) is 41.0 Å². The fourth-order valence-electron chi connectivity index (χ4n) is 2.66. The zero-order valence-corrected chi connectivity index (χ0v) is 17.9. The highest BCUT2D eigenvalue weighted by Crippen LogP contribution is 2.38. The van der Waals surface area contributed by atoms with E-state index in [9.17, 15) is 14.7 Å². The maximum Gasteiger partial charge on any atom is 0.357 e. The molecule has 3 aromatic rings. The van der Waals surface area contributed by atoms with E-state index < -0.39 is 11.9 Å². The fraction of sp³-hybridized carbons (Fsp3) is 0.105. The highest BCUT2D eigenvalue weighted by atomic mass is 79.9. The van der Waals surface area contributed by atoms with Gasteiger partial charge in [0, 0.05) is 5.56 Å². The predicted octanol–water partition coefficient (Wildman–Crippen LogP) is 4.34. The second-order valence-corrected chi connectivity index (χ2v) is 7.30. The second kappa shape index (κ2) is 8.15. The Bertz CT molecular complexity index is 1040. The number of nitrogens with zero attached hydrogens (tertiary/aromatic N) is 2. The van der Waals surface area contributed by atoms with E-state index in [1.54, 1.807) is 36.4 Å². The molecule has 0 aliphatic carbocycles. The minimum absolute atomic E-state index is 0.000878. The molecule has 0 saturated carbocycles. The van der Waals surface area contributed by atoms with Crippen molar-refractivity contribution in [3.63, 3.8) is 0 Å². The number of rotatable bonds is 4. The lowest BCUT2D eigenvalue weighted by Gasteiger charge is -2.07. The molecule has 0 spiro atoms. The largest absolute Gasteiger partial charge is 0.506 e. The van der Waals surface area contributed by atoms with Crippen LogP contribution in [0.1, 0.15) is 20.8 Å². The Morgan fingerprint density at radius 2 is 1.57 bits per heavy atom. The van der Waals surface area contributed by atoms with Crippen LogP contribution in [0.3, 0.4) is 0 Å². The summed E-state index contributed by atoms with van der Waals surface area (Å²) < 4.78 is 11.9. The number of phenols is 1. The van der Waals surface area contributed by atoms with Gasteiger partial charge >= 0.3 is 11.9 Å². The van der Waals surface area contributed by atoms with Gasteiger partial charge in [-0.1, -0.05) is 18.2 Å². The number of ether oxygens (including phenoxy) is 2. The van der Waals surface area contributed by atoms with Gasteiger partial charge in [-0.25, -0.2) is 14.3 Å². The Morgan fingerprint density at radius 3 is 2.11 bits per heavy atom. The lowest BCUT2D eigenvalue weighted by molar-refractivity contribution is 0.0549. The molecule has 0 atom stereocenters. The van der Waals surface area contributed by atoms with Crippen LogP contribution in [0.15, 0.2) is 51.4 Å². The smallest absolute Gasteiger partial charge is 0.357 e. The molecule has 0 bridgehead atoms. The van der Waals surface area contributed by atoms with E-state index in [-0.39, 0.29) is 22.7 Å². The molecule has 144 valence electrons. The number of hydrogen-bond donors (Lipinski definition) is 1. The van der Waals surface area contributed by atoms with Gasteiger partial charge in [-0.05, 0) is 56.1 Å². The quantitative estimate of drug-likeness (QED) is 0.526. The third-order valence-corrected chi connectivity index (χ3v) is 5.15. The van der Waals surface area contributed by atoms with Crippen molar-refractivity contribution in [2.75, 3.05) is 14.2 Å². The van der Waals surface area contributed by atoms with Crippen molar-refractivity contribution >= 4 is 43.8 Å². The van der Waals surface area contributed by atoms with E-state index >= 15 is 0 Å². The highest BCUT2D eigenvalue weighted by molar-refractivity contribution is 9.11. The number of methoxy groups -OCH3 is 2. The van der Waals surface area contributed by atoms with Gasteiger partial charge in [-0.15, -0.1) is 0 Å². The Balaban J connectivity index is 2.38. The summed E-state index contributed by atoms with van der Waals surface area (Å²) in [6.45, 7) is 0. The van der Waals surface area contributed by atoms with Gasteiger partial charge < -0.3 is 14.6 Å². The van der Waals surface area contributed by atoms with Gasteiger partial charge in [0.15, 0.2) is 5.69 Å². The highest BCUT2D eigenvalue weighted by Gasteiger charge is 2.31. The first kappa shape index (κ1) is 20.1. The summed E-state index contributed by atoms with van der Waals surface area (Å²) >= 11 is 6.53. The molecule has 2 aromatic carbocycles. The van der Waals surface area contributed by atoms with Crippen molar-refractivity contribution in [3.05, 3.63) is 62.7 Å². The van der Waals surface area contributed by atoms with E-state index in [4.69, 9.17) is 9.47 Å². The Kier molecular flexibility index (Phi) is 5.85. The van der Waals surface area contributed by atoms with E-state index in [2.05, 4.69) is 37.0 Å². The Morgan fingerprint density at radius 1 is 1.00 bits per heavy atom. The third-order valence-electron chi connectivity index (χ3n) is 3.94. The van der Waals surface area contributed by atoms with Crippen LogP contribution in [0.5, 0.6) is 5.75 Å². The molecule has 7 nitrogen and oxygen atoms in total. The van der Waals surface area contributed by atoms with Crippen LogP contribution < -0.4 is 0 Å². The SMILES string of the molecule is COC(=O)c1c(-c2cc(Br)c(O)c(Br)c2)nn(-c2ccccc2)c1C(=O)OC. The van der Waals surface area contributed by atoms with Crippen molar-refractivity contribution in [2.45, 2.75) is 0 Å². The van der Waals surface area contributed by atoms with Gasteiger partial charge in [0.05, 0.1) is 28.9 Å². The summed E-state index contributed by atoms with van der Waals surface area (Å²) in [5.74, 6) is -1.48. The lowest BCUT2D eigenvalue weighted by Crippen LogP contribution is -2.15. The summed E-state index contributed by atoms with van der Waals surface area (Å²) in [4.78, 5) is 25.1. The van der Waals surface area contributed by atoms with Crippen LogP contribution in [0.2, 0.25) is 0 Å². The predicted molar refractivity (Wildman–Crippen MR) is 109 cm³/mol. The van der Waals surface area contributed by atoms with Crippen LogP contribution in [0.4, 0.5) is 0 Å². The summed E-state index contributed by atoms with van der Waals surface area (Å²) in [6.07, 6.45) is 0. The molecule has 28 heavy (non-hydrogen) atoms. The van der Waals surface area contributed by atoms with Crippen molar-refractivity contribution in [3.8, 4) is 22.7 Å². The lowest BCUT2D eigenvalue weighted by atomic mass is 10.1. The van der Waals surface area contributed by atoms with Crippen LogP contribution in [0.25, 0.3) is 16.9 Å². The van der Waals surface area contributed by atoms with E-state index in [1.807, 2.05) is 6.07 Å². The summed E-state index contributed by atoms with van der Waals surface area (Å²) in [5.41, 5.74) is 1.16. The maximum atomic E-state index is 12.6. The standard InChI is InChI=1S/C19H14Br2N2O5/c1-27-18(25)14-15(10-8-12(20)17(24)13(21)9-10)22-23(16(14)19(26)28-2)11-6-4-3-5-7-11/h3-9,24H,1-2H3. The van der Waals surface area contributed by atoms with Crippen molar-refractivity contribution < 1.29 is 24.2 Å². The first-order valence-corrected chi connectivity index (χ1v) is 9.51. The van der Waals surface area contributed by atoms with E-state index in [0.717, 1.165) is 0 Å². The zero-order chi connectivity index (χ0) is 20.4. The number of halogens is 2. The molecule has 0 radical (unpaired) electrons. The average Bonchev–Trinajstić information content (AvgIpc) is 3.11. The zero-order valence-electron chi connectivity index (χ0n) is 14.8. The molecular weight excluding hydrogens is 496 g/mol. The molecule has 1 heterocycles. The van der Waals surface area contributed by atoms with Crippen molar-refractivity contribution in [1.29, 1.82) is 0 Å². The first-order chi connectivity index (χ1) is 13.4. The van der Waals surface area contributed by atoms with E-state index in [0.29, 0.717) is 20.2 Å². The monoisotopic (exact) mass is 508 g/mol. The molecule has 0 unspecified atom stereocenters. The van der Waals surface area contributed by atoms with E-state index in [1.165, 1.54) is 18.9 Å². The molecule has 0 amide bonds. The maximum absolute atomic E-state index is 12.6. The summed E-state index contributed by atoms with van der Waals surface area (Å²) in [7, 11) is 2.44. The van der Waals surface area contributed by atoms with Gasteiger partial charge in [0.2, 0.25) is 0 Å². The van der Waals surface area contributed by atoms with Crippen LogP contribution in [-0.2, 0) is 9.47 Å². The minimum Gasteiger partial charge on any atom is -0.506 e. The number of phenolic OH excluding ortho intramolecular Hbond substituents is 1. The topological polar surface area (TPSA) is 90.6 Å². The summed E-state index contributed by atoms with van der Waals surface area (Å²) in [6, 6.07) is 12.0. The number of para-hydroxylation sites is 1. The number of hydrogen-bond acceptors (Lipinski definition) is 6. The van der Waals surface area contributed by atoms with Crippen LogP contribution in [0, 0.1) is 0 Å². The second-order valence-electron chi connectivity index (χ2n) is 5.59. The average molecular weight is 510 g/mol. The van der Waals surface area contributed by atoms with Gasteiger partial charge in [0.25, 0.3) is 0 Å². The molecule has 0 aliphatic rings. The molecule has 9 heteroatoms. The molecular formula is C19H14Br2N2O5. The molecule has 3 rings (SSSR count). The molecule has 1 N–H and O–H groups in total. The normalized spacial score (nSPS) is 10.6. The number of carbonyl (C=O) groups is 2.